The summed E-state index contributed by atoms with van der Waals surface area (Å²) in [6.45, 7) is 4.17. The molecule has 2 aliphatic carbocycles. The van der Waals surface area contributed by atoms with Crippen LogP contribution in [0.5, 0.6) is 5.75 Å². The van der Waals surface area contributed by atoms with Gasteiger partial charge in [-0.05, 0) is 62.5 Å². The van der Waals surface area contributed by atoms with Crippen LogP contribution in [0.15, 0.2) is 12.3 Å². The van der Waals surface area contributed by atoms with E-state index in [9.17, 15) is 5.11 Å². The largest absolute Gasteiger partial charge is 0.490 e. The van der Waals surface area contributed by atoms with E-state index in [0.29, 0.717) is 18.1 Å². The molecule has 1 saturated carbocycles. The van der Waals surface area contributed by atoms with Gasteiger partial charge in [-0.3, -0.25) is 4.90 Å². The molecule has 6 heteroatoms. The highest BCUT2D eigenvalue weighted by atomic mass is 32.1. The lowest BCUT2D eigenvalue weighted by Gasteiger charge is -2.38. The van der Waals surface area contributed by atoms with Crippen LogP contribution in [0.2, 0.25) is 0 Å². The minimum atomic E-state index is 0.253. The molecular weight excluding hydrogens is 372 g/mol. The summed E-state index contributed by atoms with van der Waals surface area (Å²) in [5.74, 6) is 1.47. The predicted molar refractivity (Wildman–Crippen MR) is 111 cm³/mol. The van der Waals surface area contributed by atoms with Gasteiger partial charge in [0.05, 0.1) is 24.7 Å². The number of thiophene rings is 1. The molecular formula is C22H30N2O3S. The first-order valence-electron chi connectivity index (χ1n) is 10.8. The average molecular weight is 403 g/mol. The molecule has 2 aromatic heterocycles. The van der Waals surface area contributed by atoms with Crippen LogP contribution in [0.3, 0.4) is 0 Å². The Morgan fingerprint density at radius 2 is 2.00 bits per heavy atom. The fourth-order valence-corrected chi connectivity index (χ4v) is 6.58. The monoisotopic (exact) mass is 402 g/mol. The fraction of sp³-hybridized carbons (Fsp3) is 0.682. The standard InChI is InChI=1S/C22H30N2O3S/c25-12-8-15-1-6-19-20(15)21-18(7-9-23-22(21)28-19)27-17-4-2-16(3-5-17)24-10-13-26-14-11-24/h7,9,15-17,25H,1-6,8,10-14H2/t15-,16?,17?/m1/s1. The number of nitrogens with zero attached hydrogens (tertiary/aromatic N) is 2. The second kappa shape index (κ2) is 8.27. The van der Waals surface area contributed by atoms with Crippen LogP contribution in [-0.4, -0.2) is 60.0 Å². The first kappa shape index (κ1) is 18.8. The molecule has 5 rings (SSSR count). The van der Waals surface area contributed by atoms with Crippen LogP contribution in [0.4, 0.5) is 0 Å². The molecule has 0 unspecified atom stereocenters. The maximum absolute atomic E-state index is 9.47. The Morgan fingerprint density at radius 3 is 2.79 bits per heavy atom. The van der Waals surface area contributed by atoms with Crippen molar-refractivity contribution in [3.05, 3.63) is 22.7 Å². The Bertz CT molecular complexity index is 809. The van der Waals surface area contributed by atoms with Gasteiger partial charge in [-0.2, -0.15) is 0 Å². The van der Waals surface area contributed by atoms with E-state index in [1.54, 1.807) is 0 Å². The third-order valence-electron chi connectivity index (χ3n) is 6.77. The molecule has 2 fully saturated rings. The maximum atomic E-state index is 9.47. The summed E-state index contributed by atoms with van der Waals surface area (Å²) >= 11 is 1.82. The Hall–Kier alpha value is -1.21. The van der Waals surface area contributed by atoms with Gasteiger partial charge in [0.1, 0.15) is 10.6 Å². The van der Waals surface area contributed by atoms with E-state index in [-0.39, 0.29) is 6.61 Å². The lowest BCUT2D eigenvalue weighted by atomic mass is 9.91. The Labute approximate surface area is 170 Å². The molecule has 1 N–H and O–H groups in total. The van der Waals surface area contributed by atoms with Crippen molar-refractivity contribution in [2.75, 3.05) is 32.9 Å². The van der Waals surface area contributed by atoms with E-state index < -0.39 is 0 Å². The molecule has 152 valence electrons. The maximum Gasteiger partial charge on any atom is 0.131 e. The predicted octanol–water partition coefficient (Wildman–Crippen LogP) is 3.73. The highest BCUT2D eigenvalue weighted by Crippen LogP contribution is 2.47. The first-order valence-corrected chi connectivity index (χ1v) is 11.6. The molecule has 0 bridgehead atoms. The minimum Gasteiger partial charge on any atom is -0.490 e. The van der Waals surface area contributed by atoms with Crippen molar-refractivity contribution in [1.29, 1.82) is 0 Å². The zero-order valence-electron chi connectivity index (χ0n) is 16.4. The number of hydrogen-bond acceptors (Lipinski definition) is 6. The van der Waals surface area contributed by atoms with Crippen molar-refractivity contribution >= 4 is 21.6 Å². The van der Waals surface area contributed by atoms with Crippen molar-refractivity contribution in [3.63, 3.8) is 0 Å². The van der Waals surface area contributed by atoms with Gasteiger partial charge < -0.3 is 14.6 Å². The van der Waals surface area contributed by atoms with Crippen molar-refractivity contribution in [2.45, 2.75) is 63.0 Å². The van der Waals surface area contributed by atoms with Crippen LogP contribution in [0.1, 0.15) is 54.9 Å². The number of aliphatic hydroxyl groups excluding tert-OH is 1. The zero-order chi connectivity index (χ0) is 18.9. The van der Waals surface area contributed by atoms with E-state index in [4.69, 9.17) is 9.47 Å². The summed E-state index contributed by atoms with van der Waals surface area (Å²) in [6.07, 6.45) is 9.98. The average Bonchev–Trinajstić information content (AvgIpc) is 3.30. The molecule has 1 saturated heterocycles. The Morgan fingerprint density at radius 1 is 1.18 bits per heavy atom. The van der Waals surface area contributed by atoms with Gasteiger partial charge in [-0.1, -0.05) is 0 Å². The summed E-state index contributed by atoms with van der Waals surface area (Å²) in [5, 5.41) is 10.7. The Kier molecular flexibility index (Phi) is 5.55. The van der Waals surface area contributed by atoms with Crippen molar-refractivity contribution < 1.29 is 14.6 Å². The van der Waals surface area contributed by atoms with Gasteiger partial charge in [-0.15, -0.1) is 11.3 Å². The van der Waals surface area contributed by atoms with E-state index in [1.807, 2.05) is 17.5 Å². The second-order valence-electron chi connectivity index (χ2n) is 8.37. The van der Waals surface area contributed by atoms with E-state index in [2.05, 4.69) is 16.0 Å². The van der Waals surface area contributed by atoms with Crippen LogP contribution in [-0.2, 0) is 11.2 Å². The molecule has 1 aliphatic heterocycles. The molecule has 2 aromatic rings. The second-order valence-corrected chi connectivity index (χ2v) is 9.46. The molecule has 3 aliphatic rings. The third kappa shape index (κ3) is 3.56. The van der Waals surface area contributed by atoms with Crippen LogP contribution in [0.25, 0.3) is 10.2 Å². The van der Waals surface area contributed by atoms with E-state index in [0.717, 1.165) is 69.0 Å². The molecule has 0 amide bonds. The van der Waals surface area contributed by atoms with Crippen LogP contribution >= 0.6 is 11.3 Å². The highest BCUT2D eigenvalue weighted by Gasteiger charge is 2.31. The van der Waals surface area contributed by atoms with Gasteiger partial charge in [-0.25, -0.2) is 4.98 Å². The number of aliphatic hydroxyl groups is 1. The summed E-state index contributed by atoms with van der Waals surface area (Å²) in [4.78, 5) is 9.79. The zero-order valence-corrected chi connectivity index (χ0v) is 17.3. The summed E-state index contributed by atoms with van der Waals surface area (Å²) < 4.78 is 12.1. The molecule has 0 radical (unpaired) electrons. The lowest BCUT2D eigenvalue weighted by Crippen LogP contribution is -2.46. The van der Waals surface area contributed by atoms with Crippen LogP contribution < -0.4 is 4.74 Å². The van der Waals surface area contributed by atoms with Crippen molar-refractivity contribution in [1.82, 2.24) is 9.88 Å². The smallest absolute Gasteiger partial charge is 0.131 e. The number of pyridine rings is 1. The highest BCUT2D eigenvalue weighted by molar-refractivity contribution is 7.19. The minimum absolute atomic E-state index is 0.253. The number of ether oxygens (including phenoxy) is 2. The van der Waals surface area contributed by atoms with Crippen LogP contribution in [0, 0.1) is 0 Å². The Balaban J connectivity index is 1.31. The summed E-state index contributed by atoms with van der Waals surface area (Å²) in [6, 6.07) is 2.75. The normalized spacial score (nSPS) is 28.5. The summed E-state index contributed by atoms with van der Waals surface area (Å²) in [5.41, 5.74) is 1.42. The number of rotatable bonds is 5. The lowest BCUT2D eigenvalue weighted by molar-refractivity contribution is -0.000919. The number of aryl methyl sites for hydroxylation is 1. The SMILES string of the molecule is OCC[C@H]1CCc2sc3nccc(OC4CCC(N5CCOCC5)CC4)c3c21. The van der Waals surface area contributed by atoms with E-state index in [1.165, 1.54) is 28.7 Å². The number of hydrogen-bond donors (Lipinski definition) is 1. The van der Waals surface area contributed by atoms with Gasteiger partial charge in [0, 0.05) is 36.8 Å². The van der Waals surface area contributed by atoms with Crippen molar-refractivity contribution in [2.24, 2.45) is 0 Å². The van der Waals surface area contributed by atoms with Crippen molar-refractivity contribution in [3.8, 4) is 5.75 Å². The topological polar surface area (TPSA) is 54.8 Å². The summed E-state index contributed by atoms with van der Waals surface area (Å²) in [7, 11) is 0. The van der Waals surface area contributed by atoms with Gasteiger partial charge in [0.15, 0.2) is 0 Å². The van der Waals surface area contributed by atoms with Gasteiger partial charge in [0.25, 0.3) is 0 Å². The number of morpholine rings is 1. The third-order valence-corrected chi connectivity index (χ3v) is 7.95. The van der Waals surface area contributed by atoms with Gasteiger partial charge >= 0.3 is 0 Å². The van der Waals surface area contributed by atoms with Gasteiger partial charge in [0.2, 0.25) is 0 Å². The number of fused-ring (bicyclic) bond motifs is 3. The van der Waals surface area contributed by atoms with E-state index >= 15 is 0 Å². The molecule has 5 nitrogen and oxygen atoms in total. The molecule has 0 aromatic carbocycles. The molecule has 0 spiro atoms. The fourth-order valence-electron chi connectivity index (χ4n) is 5.32. The first-order chi connectivity index (χ1) is 13.8. The quantitative estimate of drug-likeness (QED) is 0.826. The number of aromatic nitrogens is 1. The molecule has 3 heterocycles. The molecule has 28 heavy (non-hydrogen) atoms. The molecule has 1 atom stereocenters.